The molecule has 0 bridgehead atoms. The molecule has 5 heteroatoms. The van der Waals surface area contributed by atoms with Gasteiger partial charge in [0, 0.05) is 13.7 Å². The molecule has 0 saturated heterocycles. The standard InChI is InChI=1S/C14H21NO4/c1-4-11(14(16)15-9-10-17-2)19-13-8-6-5-7-12(13)18-3/h5-8,11H,4,9-10H2,1-3H3,(H,15,16). The molecule has 1 rings (SSSR count). The van der Waals surface area contributed by atoms with Gasteiger partial charge in [-0.05, 0) is 18.6 Å². The van der Waals surface area contributed by atoms with Crippen LogP contribution >= 0.6 is 0 Å². The number of benzene rings is 1. The van der Waals surface area contributed by atoms with E-state index in [0.717, 1.165) is 0 Å². The number of rotatable bonds is 8. The molecule has 5 nitrogen and oxygen atoms in total. The number of amides is 1. The Balaban J connectivity index is 2.62. The predicted octanol–water partition coefficient (Wildman–Crippen LogP) is 1.62. The van der Waals surface area contributed by atoms with Gasteiger partial charge >= 0.3 is 0 Å². The van der Waals surface area contributed by atoms with Crippen LogP contribution in [-0.4, -0.2) is 39.4 Å². The third-order valence-corrected chi connectivity index (χ3v) is 2.61. The summed E-state index contributed by atoms with van der Waals surface area (Å²) in [5.74, 6) is 1.04. The van der Waals surface area contributed by atoms with Crippen molar-refractivity contribution in [1.29, 1.82) is 0 Å². The zero-order valence-electron chi connectivity index (χ0n) is 11.6. The van der Waals surface area contributed by atoms with Gasteiger partial charge in [0.1, 0.15) is 0 Å². The minimum Gasteiger partial charge on any atom is -0.493 e. The van der Waals surface area contributed by atoms with Crippen molar-refractivity contribution in [3.05, 3.63) is 24.3 Å². The maximum absolute atomic E-state index is 11.9. The van der Waals surface area contributed by atoms with Gasteiger partial charge in [0.05, 0.1) is 13.7 Å². The maximum Gasteiger partial charge on any atom is 0.261 e. The summed E-state index contributed by atoms with van der Waals surface area (Å²) in [6.07, 6.45) is 0.0461. The van der Waals surface area contributed by atoms with Gasteiger partial charge in [-0.2, -0.15) is 0 Å². The van der Waals surface area contributed by atoms with Gasteiger partial charge in [0.15, 0.2) is 17.6 Å². The molecule has 0 aliphatic heterocycles. The van der Waals surface area contributed by atoms with E-state index in [0.29, 0.717) is 31.1 Å². The molecule has 1 N–H and O–H groups in total. The lowest BCUT2D eigenvalue weighted by atomic mass is 10.2. The van der Waals surface area contributed by atoms with Crippen LogP contribution < -0.4 is 14.8 Å². The summed E-state index contributed by atoms with van der Waals surface area (Å²) in [6, 6.07) is 7.27. The van der Waals surface area contributed by atoms with E-state index in [4.69, 9.17) is 14.2 Å². The van der Waals surface area contributed by atoms with Crippen LogP contribution in [0.15, 0.2) is 24.3 Å². The monoisotopic (exact) mass is 267 g/mol. The Morgan fingerprint density at radius 1 is 1.26 bits per heavy atom. The minimum atomic E-state index is -0.534. The highest BCUT2D eigenvalue weighted by Gasteiger charge is 2.19. The van der Waals surface area contributed by atoms with Gasteiger partial charge in [-0.1, -0.05) is 19.1 Å². The molecular formula is C14H21NO4. The lowest BCUT2D eigenvalue weighted by Gasteiger charge is -2.18. The van der Waals surface area contributed by atoms with Gasteiger partial charge < -0.3 is 19.5 Å². The van der Waals surface area contributed by atoms with Crippen LogP contribution in [0.1, 0.15) is 13.3 Å². The SMILES string of the molecule is CCC(Oc1ccccc1OC)C(=O)NCCOC. The Morgan fingerprint density at radius 3 is 2.53 bits per heavy atom. The average molecular weight is 267 g/mol. The van der Waals surface area contributed by atoms with Gasteiger partial charge in [-0.3, -0.25) is 4.79 Å². The number of ether oxygens (including phenoxy) is 3. The molecule has 0 heterocycles. The van der Waals surface area contributed by atoms with Crippen molar-refractivity contribution in [3.8, 4) is 11.5 Å². The number of nitrogens with one attached hydrogen (secondary N) is 1. The third-order valence-electron chi connectivity index (χ3n) is 2.61. The first kappa shape index (κ1) is 15.3. The molecule has 0 radical (unpaired) electrons. The van der Waals surface area contributed by atoms with Crippen molar-refractivity contribution < 1.29 is 19.0 Å². The lowest BCUT2D eigenvalue weighted by Crippen LogP contribution is -2.39. The van der Waals surface area contributed by atoms with E-state index >= 15 is 0 Å². The maximum atomic E-state index is 11.9. The molecule has 0 aromatic heterocycles. The molecule has 1 amide bonds. The number of hydrogen-bond donors (Lipinski definition) is 1. The number of carbonyl (C=O) groups is 1. The Morgan fingerprint density at radius 2 is 1.95 bits per heavy atom. The second-order valence-corrected chi connectivity index (χ2v) is 3.95. The summed E-state index contributed by atoms with van der Waals surface area (Å²) in [5.41, 5.74) is 0. The highest BCUT2D eigenvalue weighted by molar-refractivity contribution is 5.81. The Bertz CT molecular complexity index is 395. The van der Waals surface area contributed by atoms with Gasteiger partial charge in [-0.25, -0.2) is 0 Å². The van der Waals surface area contributed by atoms with E-state index in [1.54, 1.807) is 26.4 Å². The molecular weight excluding hydrogens is 246 g/mol. The van der Waals surface area contributed by atoms with E-state index < -0.39 is 6.10 Å². The summed E-state index contributed by atoms with van der Waals surface area (Å²) in [5, 5.41) is 2.76. The first-order valence-electron chi connectivity index (χ1n) is 6.29. The Hall–Kier alpha value is -1.75. The minimum absolute atomic E-state index is 0.148. The van der Waals surface area contributed by atoms with Crippen LogP contribution in [0.4, 0.5) is 0 Å². The topological polar surface area (TPSA) is 56.8 Å². The predicted molar refractivity (Wildman–Crippen MR) is 72.6 cm³/mol. The third kappa shape index (κ3) is 4.79. The number of carbonyl (C=O) groups excluding carboxylic acids is 1. The summed E-state index contributed by atoms with van der Waals surface area (Å²) >= 11 is 0. The fourth-order valence-electron chi connectivity index (χ4n) is 1.58. The van der Waals surface area contributed by atoms with E-state index in [2.05, 4.69) is 5.32 Å². The number of methoxy groups -OCH3 is 2. The molecule has 0 fully saturated rings. The Kier molecular flexibility index (Phi) is 6.74. The van der Waals surface area contributed by atoms with Crippen molar-refractivity contribution in [2.45, 2.75) is 19.4 Å². The van der Waals surface area contributed by atoms with E-state index in [1.807, 2.05) is 19.1 Å². The first-order valence-corrected chi connectivity index (χ1v) is 6.29. The summed E-state index contributed by atoms with van der Waals surface area (Å²) in [4.78, 5) is 11.9. The molecule has 1 unspecified atom stereocenters. The molecule has 106 valence electrons. The van der Waals surface area contributed by atoms with Crippen molar-refractivity contribution >= 4 is 5.91 Å². The first-order chi connectivity index (χ1) is 9.22. The fourth-order valence-corrected chi connectivity index (χ4v) is 1.58. The summed E-state index contributed by atoms with van der Waals surface area (Å²) in [6.45, 7) is 2.86. The van der Waals surface area contributed by atoms with E-state index in [1.165, 1.54) is 0 Å². The second-order valence-electron chi connectivity index (χ2n) is 3.95. The number of para-hydroxylation sites is 2. The van der Waals surface area contributed by atoms with Crippen LogP contribution in [0.3, 0.4) is 0 Å². The van der Waals surface area contributed by atoms with Crippen molar-refractivity contribution in [2.75, 3.05) is 27.4 Å². The molecule has 1 atom stereocenters. The lowest BCUT2D eigenvalue weighted by molar-refractivity contribution is -0.128. The highest BCUT2D eigenvalue weighted by atomic mass is 16.5. The van der Waals surface area contributed by atoms with Crippen LogP contribution in [0, 0.1) is 0 Å². The van der Waals surface area contributed by atoms with Crippen LogP contribution in [0.25, 0.3) is 0 Å². The molecule has 19 heavy (non-hydrogen) atoms. The van der Waals surface area contributed by atoms with Crippen molar-refractivity contribution in [3.63, 3.8) is 0 Å². The Labute approximate surface area is 113 Å². The van der Waals surface area contributed by atoms with Crippen molar-refractivity contribution in [2.24, 2.45) is 0 Å². The molecule has 1 aromatic carbocycles. The van der Waals surface area contributed by atoms with E-state index in [9.17, 15) is 4.79 Å². The quantitative estimate of drug-likeness (QED) is 0.727. The van der Waals surface area contributed by atoms with Gasteiger partial charge in [0.2, 0.25) is 0 Å². The molecule has 0 aliphatic carbocycles. The molecule has 0 spiro atoms. The normalized spacial score (nSPS) is 11.7. The number of hydrogen-bond acceptors (Lipinski definition) is 4. The zero-order valence-corrected chi connectivity index (χ0v) is 11.6. The molecule has 1 aromatic rings. The summed E-state index contributed by atoms with van der Waals surface area (Å²) < 4.78 is 15.8. The van der Waals surface area contributed by atoms with E-state index in [-0.39, 0.29) is 5.91 Å². The van der Waals surface area contributed by atoms with Crippen LogP contribution in [-0.2, 0) is 9.53 Å². The fraction of sp³-hybridized carbons (Fsp3) is 0.500. The van der Waals surface area contributed by atoms with Crippen LogP contribution in [0.2, 0.25) is 0 Å². The average Bonchev–Trinajstić information content (AvgIpc) is 2.45. The largest absolute Gasteiger partial charge is 0.493 e. The van der Waals surface area contributed by atoms with Gasteiger partial charge in [0.25, 0.3) is 5.91 Å². The van der Waals surface area contributed by atoms with Crippen LogP contribution in [0.5, 0.6) is 11.5 Å². The zero-order chi connectivity index (χ0) is 14.1. The highest BCUT2D eigenvalue weighted by Crippen LogP contribution is 2.27. The molecule has 0 aliphatic rings. The van der Waals surface area contributed by atoms with Gasteiger partial charge in [-0.15, -0.1) is 0 Å². The second kappa shape index (κ2) is 8.37. The summed E-state index contributed by atoms with van der Waals surface area (Å²) in [7, 11) is 3.16. The van der Waals surface area contributed by atoms with Crippen molar-refractivity contribution in [1.82, 2.24) is 5.32 Å². The smallest absolute Gasteiger partial charge is 0.261 e. The molecule has 0 saturated carbocycles.